The predicted molar refractivity (Wildman–Crippen MR) is 57.9 cm³/mol. The third-order valence-corrected chi connectivity index (χ3v) is 2.07. The van der Waals surface area contributed by atoms with Crippen molar-refractivity contribution in [3.63, 3.8) is 0 Å². The van der Waals surface area contributed by atoms with E-state index in [4.69, 9.17) is 5.73 Å². The lowest BCUT2D eigenvalue weighted by Gasteiger charge is -2.14. The molecular weight excluding hydrogens is 211 g/mol. The molecule has 13 heavy (non-hydrogen) atoms. The SMILES string of the molecule is Cl.Cl.NC1CCN(c2cn[nH]c2)C1. The maximum atomic E-state index is 5.76. The van der Waals surface area contributed by atoms with E-state index >= 15 is 0 Å². The molecule has 0 aliphatic carbocycles. The highest BCUT2D eigenvalue weighted by atomic mass is 35.5. The largest absolute Gasteiger partial charge is 0.367 e. The lowest BCUT2D eigenvalue weighted by Crippen LogP contribution is -2.25. The molecule has 0 amide bonds. The van der Waals surface area contributed by atoms with E-state index in [9.17, 15) is 0 Å². The Morgan fingerprint density at radius 1 is 1.54 bits per heavy atom. The van der Waals surface area contributed by atoms with Crippen LogP contribution in [-0.2, 0) is 0 Å². The van der Waals surface area contributed by atoms with Gasteiger partial charge in [-0.05, 0) is 6.42 Å². The molecule has 1 saturated heterocycles. The van der Waals surface area contributed by atoms with E-state index in [1.165, 1.54) is 0 Å². The number of nitrogens with zero attached hydrogens (tertiary/aromatic N) is 2. The Hall–Kier alpha value is -0.450. The number of anilines is 1. The van der Waals surface area contributed by atoms with Crippen molar-refractivity contribution in [2.24, 2.45) is 5.73 Å². The van der Waals surface area contributed by atoms with Crippen LogP contribution in [0.25, 0.3) is 0 Å². The first kappa shape index (κ1) is 12.6. The molecule has 1 aromatic heterocycles. The Morgan fingerprint density at radius 3 is 2.77 bits per heavy atom. The minimum Gasteiger partial charge on any atom is -0.367 e. The summed E-state index contributed by atoms with van der Waals surface area (Å²) in [6, 6.07) is 0.338. The molecule has 0 saturated carbocycles. The number of aromatic amines is 1. The highest BCUT2D eigenvalue weighted by molar-refractivity contribution is 5.85. The van der Waals surface area contributed by atoms with Gasteiger partial charge in [-0.15, -0.1) is 24.8 Å². The molecule has 1 atom stereocenters. The number of halogens is 2. The van der Waals surface area contributed by atoms with Gasteiger partial charge in [0.05, 0.1) is 11.9 Å². The quantitative estimate of drug-likeness (QED) is 0.742. The molecule has 0 bridgehead atoms. The van der Waals surface area contributed by atoms with Crippen molar-refractivity contribution >= 4 is 30.5 Å². The zero-order chi connectivity index (χ0) is 7.68. The number of H-pyrrole nitrogens is 1. The van der Waals surface area contributed by atoms with Crippen LogP contribution in [-0.4, -0.2) is 29.3 Å². The lowest BCUT2D eigenvalue weighted by atomic mass is 10.3. The molecule has 2 rings (SSSR count). The van der Waals surface area contributed by atoms with Crippen molar-refractivity contribution in [2.75, 3.05) is 18.0 Å². The molecule has 0 radical (unpaired) electrons. The number of rotatable bonds is 1. The summed E-state index contributed by atoms with van der Waals surface area (Å²) in [7, 11) is 0. The minimum absolute atomic E-state index is 0. The maximum Gasteiger partial charge on any atom is 0.0750 e. The molecule has 1 aliphatic rings. The normalized spacial score (nSPS) is 20.7. The molecule has 2 heterocycles. The van der Waals surface area contributed by atoms with Gasteiger partial charge in [0.2, 0.25) is 0 Å². The number of hydrogen-bond donors (Lipinski definition) is 2. The summed E-state index contributed by atoms with van der Waals surface area (Å²) in [4.78, 5) is 2.24. The van der Waals surface area contributed by atoms with E-state index in [1.54, 1.807) is 0 Å². The van der Waals surface area contributed by atoms with Crippen LogP contribution >= 0.6 is 24.8 Å². The van der Waals surface area contributed by atoms with Gasteiger partial charge in [-0.3, -0.25) is 5.10 Å². The van der Waals surface area contributed by atoms with Crippen LogP contribution in [0.1, 0.15) is 6.42 Å². The Bertz CT molecular complexity index is 226. The van der Waals surface area contributed by atoms with E-state index in [2.05, 4.69) is 15.1 Å². The van der Waals surface area contributed by atoms with Crippen molar-refractivity contribution in [1.29, 1.82) is 0 Å². The Labute approximate surface area is 89.7 Å². The first-order chi connectivity index (χ1) is 5.36. The average molecular weight is 225 g/mol. The van der Waals surface area contributed by atoms with Crippen molar-refractivity contribution in [3.05, 3.63) is 12.4 Å². The maximum absolute atomic E-state index is 5.76. The highest BCUT2D eigenvalue weighted by Crippen LogP contribution is 2.16. The minimum atomic E-state index is 0. The summed E-state index contributed by atoms with van der Waals surface area (Å²) in [5.41, 5.74) is 6.91. The topological polar surface area (TPSA) is 57.9 Å². The van der Waals surface area contributed by atoms with Crippen molar-refractivity contribution in [3.8, 4) is 0 Å². The van der Waals surface area contributed by atoms with Gasteiger partial charge in [0, 0.05) is 25.3 Å². The van der Waals surface area contributed by atoms with Gasteiger partial charge >= 0.3 is 0 Å². The third kappa shape index (κ3) is 2.76. The first-order valence-corrected chi connectivity index (χ1v) is 3.85. The van der Waals surface area contributed by atoms with Crippen LogP contribution in [0.2, 0.25) is 0 Å². The van der Waals surface area contributed by atoms with Gasteiger partial charge in [-0.2, -0.15) is 5.10 Å². The zero-order valence-corrected chi connectivity index (χ0v) is 8.77. The predicted octanol–water partition coefficient (Wildman–Crippen LogP) is 0.791. The molecular formula is C7H14Cl2N4. The van der Waals surface area contributed by atoms with Crippen LogP contribution in [0.3, 0.4) is 0 Å². The number of hydrogen-bond acceptors (Lipinski definition) is 3. The molecule has 6 heteroatoms. The Kier molecular flexibility index (Phi) is 5.13. The van der Waals surface area contributed by atoms with Crippen LogP contribution in [0.15, 0.2) is 12.4 Å². The number of aromatic nitrogens is 2. The molecule has 1 fully saturated rings. The summed E-state index contributed by atoms with van der Waals surface area (Å²) < 4.78 is 0. The number of nitrogens with two attached hydrogens (primary N) is 1. The van der Waals surface area contributed by atoms with Crippen molar-refractivity contribution < 1.29 is 0 Å². The molecule has 76 valence electrons. The lowest BCUT2D eigenvalue weighted by molar-refractivity contribution is 0.752. The monoisotopic (exact) mass is 224 g/mol. The summed E-state index contributed by atoms with van der Waals surface area (Å²) in [5.74, 6) is 0. The van der Waals surface area contributed by atoms with Gasteiger partial charge in [-0.25, -0.2) is 0 Å². The molecule has 1 aliphatic heterocycles. The van der Waals surface area contributed by atoms with Gasteiger partial charge in [0.25, 0.3) is 0 Å². The van der Waals surface area contributed by atoms with Crippen LogP contribution in [0, 0.1) is 0 Å². The van der Waals surface area contributed by atoms with Gasteiger partial charge in [-0.1, -0.05) is 0 Å². The Balaban J connectivity index is 0.000000720. The van der Waals surface area contributed by atoms with Crippen molar-refractivity contribution in [1.82, 2.24) is 10.2 Å². The summed E-state index contributed by atoms with van der Waals surface area (Å²) in [6.07, 6.45) is 4.82. The molecule has 4 nitrogen and oxygen atoms in total. The van der Waals surface area contributed by atoms with E-state index in [0.29, 0.717) is 6.04 Å². The van der Waals surface area contributed by atoms with E-state index in [-0.39, 0.29) is 24.8 Å². The smallest absolute Gasteiger partial charge is 0.0750 e. The summed E-state index contributed by atoms with van der Waals surface area (Å²) >= 11 is 0. The fraction of sp³-hybridized carbons (Fsp3) is 0.571. The molecule has 1 unspecified atom stereocenters. The summed E-state index contributed by atoms with van der Waals surface area (Å²) in [6.45, 7) is 2.01. The van der Waals surface area contributed by atoms with Crippen LogP contribution in [0.4, 0.5) is 5.69 Å². The van der Waals surface area contributed by atoms with Crippen molar-refractivity contribution in [2.45, 2.75) is 12.5 Å². The van der Waals surface area contributed by atoms with E-state index < -0.39 is 0 Å². The zero-order valence-electron chi connectivity index (χ0n) is 7.14. The second kappa shape index (κ2) is 5.32. The first-order valence-electron chi connectivity index (χ1n) is 3.85. The molecule has 0 spiro atoms. The molecule has 0 aromatic carbocycles. The second-order valence-corrected chi connectivity index (χ2v) is 2.95. The fourth-order valence-corrected chi connectivity index (χ4v) is 1.44. The highest BCUT2D eigenvalue weighted by Gasteiger charge is 2.19. The van der Waals surface area contributed by atoms with Gasteiger partial charge in [0.15, 0.2) is 0 Å². The summed E-state index contributed by atoms with van der Waals surface area (Å²) in [5, 5.41) is 6.67. The second-order valence-electron chi connectivity index (χ2n) is 2.95. The average Bonchev–Trinajstić information content (AvgIpc) is 2.55. The van der Waals surface area contributed by atoms with Crippen LogP contribution in [0.5, 0.6) is 0 Å². The number of nitrogens with one attached hydrogen (secondary N) is 1. The third-order valence-electron chi connectivity index (χ3n) is 2.07. The fourth-order valence-electron chi connectivity index (χ4n) is 1.44. The Morgan fingerprint density at radius 2 is 2.31 bits per heavy atom. The van der Waals surface area contributed by atoms with E-state index in [1.807, 2.05) is 12.4 Å². The van der Waals surface area contributed by atoms with E-state index in [0.717, 1.165) is 25.2 Å². The van der Waals surface area contributed by atoms with Gasteiger partial charge < -0.3 is 10.6 Å². The van der Waals surface area contributed by atoms with Crippen LogP contribution < -0.4 is 10.6 Å². The molecule has 1 aromatic rings. The molecule has 3 N–H and O–H groups in total. The van der Waals surface area contributed by atoms with Gasteiger partial charge in [0.1, 0.15) is 0 Å². The standard InChI is InChI=1S/C7H12N4.2ClH/c8-6-1-2-11(5-6)7-3-9-10-4-7;;/h3-4,6H,1-2,5,8H2,(H,9,10);2*1H.